The van der Waals surface area contributed by atoms with E-state index in [1.165, 1.54) is 25.7 Å². The molecule has 5 nitrogen and oxygen atoms in total. The van der Waals surface area contributed by atoms with Crippen LogP contribution in [0.25, 0.3) is 0 Å². The van der Waals surface area contributed by atoms with Crippen LogP contribution >= 0.6 is 0 Å². The van der Waals surface area contributed by atoms with Gasteiger partial charge in [0.1, 0.15) is 0 Å². The standard InChI is InChI=1S/C31H44N2O3/c1-20(34)33-19-28(2)8-4-9-31(27(33)36)24(28)7-12-29-10-5-21(15-25(29)31)22(17-29)18-30-11-6-23(35)16-26(30)32(3)14-13-30/h6,11,17,21,23-26,35H,4-5,7-10,12-16,18-19H2,1-3H3/t21-,23+,24+,25-,26-,28-,29+,30-,31-/m0/s1. The van der Waals surface area contributed by atoms with Crippen molar-refractivity contribution in [3.63, 3.8) is 0 Å². The van der Waals surface area contributed by atoms with Gasteiger partial charge in [-0.05, 0) is 106 Å². The summed E-state index contributed by atoms with van der Waals surface area (Å²) in [7, 11) is 2.23. The van der Waals surface area contributed by atoms with Gasteiger partial charge in [-0.25, -0.2) is 0 Å². The van der Waals surface area contributed by atoms with Crippen molar-refractivity contribution in [2.75, 3.05) is 20.1 Å². The number of hydrogen-bond donors (Lipinski definition) is 1. The first-order valence-electron chi connectivity index (χ1n) is 14.7. The molecule has 0 aromatic carbocycles. The average molecular weight is 493 g/mol. The largest absolute Gasteiger partial charge is 0.389 e. The van der Waals surface area contributed by atoms with Gasteiger partial charge in [0.2, 0.25) is 11.8 Å². The number of nitrogens with zero attached hydrogens (tertiary/aromatic N) is 2. The Morgan fingerprint density at radius 3 is 2.72 bits per heavy atom. The lowest BCUT2D eigenvalue weighted by Gasteiger charge is -2.69. The lowest BCUT2D eigenvalue weighted by molar-refractivity contribution is -0.210. The van der Waals surface area contributed by atoms with Gasteiger partial charge in [-0.3, -0.25) is 14.5 Å². The van der Waals surface area contributed by atoms with Gasteiger partial charge in [0.05, 0.1) is 11.5 Å². The van der Waals surface area contributed by atoms with E-state index in [2.05, 4.69) is 37.1 Å². The molecular formula is C31H44N2O3. The molecule has 2 heterocycles. The first-order chi connectivity index (χ1) is 17.1. The molecular weight excluding hydrogens is 448 g/mol. The van der Waals surface area contributed by atoms with Crippen molar-refractivity contribution in [1.82, 2.24) is 9.80 Å². The van der Waals surface area contributed by atoms with Crippen LogP contribution in [0, 0.1) is 39.4 Å². The normalized spacial score (nSPS) is 51.4. The molecule has 0 radical (unpaired) electrons. The van der Waals surface area contributed by atoms with Gasteiger partial charge in [-0.15, -0.1) is 0 Å². The third-order valence-corrected chi connectivity index (χ3v) is 12.8. The molecule has 1 spiro atoms. The van der Waals surface area contributed by atoms with Crippen molar-refractivity contribution in [3.05, 3.63) is 23.8 Å². The van der Waals surface area contributed by atoms with Gasteiger partial charge in [-0.2, -0.15) is 0 Å². The summed E-state index contributed by atoms with van der Waals surface area (Å²) in [6.45, 7) is 5.72. The Morgan fingerprint density at radius 1 is 1.11 bits per heavy atom. The smallest absolute Gasteiger partial charge is 0.236 e. The Kier molecular flexibility index (Phi) is 4.96. The number of allylic oxidation sites excluding steroid dienone is 2. The van der Waals surface area contributed by atoms with E-state index in [0.29, 0.717) is 30.3 Å². The second-order valence-corrected chi connectivity index (χ2v) is 14.3. The second-order valence-electron chi connectivity index (χ2n) is 14.3. The van der Waals surface area contributed by atoms with Crippen LogP contribution in [0.4, 0.5) is 0 Å². The van der Waals surface area contributed by atoms with Crippen molar-refractivity contribution in [2.45, 2.75) is 96.6 Å². The molecule has 4 bridgehead atoms. The van der Waals surface area contributed by atoms with Gasteiger partial charge in [-0.1, -0.05) is 37.1 Å². The first-order valence-corrected chi connectivity index (χ1v) is 14.7. The van der Waals surface area contributed by atoms with Crippen molar-refractivity contribution < 1.29 is 14.7 Å². The van der Waals surface area contributed by atoms with Crippen LogP contribution in [-0.2, 0) is 9.59 Å². The lowest BCUT2D eigenvalue weighted by atomic mass is 9.36. The minimum atomic E-state index is -0.334. The Hall–Kier alpha value is -1.46. The van der Waals surface area contributed by atoms with Crippen molar-refractivity contribution in [1.29, 1.82) is 0 Å². The van der Waals surface area contributed by atoms with E-state index < -0.39 is 0 Å². The van der Waals surface area contributed by atoms with E-state index in [-0.39, 0.29) is 39.6 Å². The molecule has 0 aromatic heterocycles. The summed E-state index contributed by atoms with van der Waals surface area (Å²) < 4.78 is 0. The molecule has 0 aromatic rings. The van der Waals surface area contributed by atoms with Crippen LogP contribution in [0.15, 0.2) is 23.8 Å². The molecule has 6 aliphatic carbocycles. The maximum Gasteiger partial charge on any atom is 0.236 e. The molecule has 2 amide bonds. The summed E-state index contributed by atoms with van der Waals surface area (Å²) in [5.41, 5.74) is 1.67. The maximum atomic E-state index is 14.3. The van der Waals surface area contributed by atoms with Crippen LogP contribution in [0.5, 0.6) is 0 Å². The van der Waals surface area contributed by atoms with Crippen LogP contribution in [0.2, 0.25) is 0 Å². The zero-order valence-electron chi connectivity index (χ0n) is 22.5. The van der Waals surface area contributed by atoms with Crippen LogP contribution in [0.3, 0.4) is 0 Å². The monoisotopic (exact) mass is 492 g/mol. The van der Waals surface area contributed by atoms with Crippen molar-refractivity contribution in [2.24, 2.45) is 39.4 Å². The molecule has 1 N–H and O–H groups in total. The van der Waals surface area contributed by atoms with E-state index in [4.69, 9.17) is 0 Å². The SMILES string of the molecule is CC(=O)N1C[C@]2(C)CCC[C@]3(C1=O)[C@@H]2CC[C@@]12C=C(C[C@@]45C=C[C@@H](O)C[C@@H]4N(C)CC5)[C@@H](CC1)C[C@@H]23. The van der Waals surface area contributed by atoms with Gasteiger partial charge < -0.3 is 10.0 Å². The number of rotatable bonds is 2. The van der Waals surface area contributed by atoms with E-state index in [0.717, 1.165) is 51.5 Å². The molecule has 2 saturated heterocycles. The Bertz CT molecular complexity index is 1070. The van der Waals surface area contributed by atoms with E-state index in [9.17, 15) is 14.7 Å². The van der Waals surface area contributed by atoms with Gasteiger partial charge in [0.15, 0.2) is 0 Å². The van der Waals surface area contributed by atoms with Gasteiger partial charge in [0, 0.05) is 24.9 Å². The average Bonchev–Trinajstić information content (AvgIpc) is 3.16. The minimum Gasteiger partial charge on any atom is -0.389 e. The number of likely N-dealkylation sites (tertiary alicyclic amines) is 2. The number of aliphatic hydroxyl groups excluding tert-OH is 1. The fourth-order valence-electron chi connectivity index (χ4n) is 11.3. The number of piperidine rings is 1. The number of imide groups is 1. The quantitative estimate of drug-likeness (QED) is 0.568. The molecule has 5 fully saturated rings. The van der Waals surface area contributed by atoms with Crippen LogP contribution in [-0.4, -0.2) is 59.0 Å². The number of hydrogen-bond acceptors (Lipinski definition) is 4. The molecule has 0 unspecified atom stereocenters. The molecule has 9 atom stereocenters. The van der Waals surface area contributed by atoms with E-state index in [1.54, 1.807) is 17.4 Å². The predicted octanol–water partition coefficient (Wildman–Crippen LogP) is 4.71. The summed E-state index contributed by atoms with van der Waals surface area (Å²) in [4.78, 5) is 31.1. The highest BCUT2D eigenvalue weighted by atomic mass is 16.3. The van der Waals surface area contributed by atoms with E-state index in [1.807, 2.05) is 0 Å². The maximum absolute atomic E-state index is 14.3. The zero-order valence-corrected chi connectivity index (χ0v) is 22.5. The Labute approximate surface area is 216 Å². The number of carbonyl (C=O) groups excluding carboxylic acids is 2. The highest BCUT2D eigenvalue weighted by Crippen LogP contribution is 2.73. The summed E-state index contributed by atoms with van der Waals surface area (Å²) in [5.74, 6) is 1.53. The molecule has 36 heavy (non-hydrogen) atoms. The van der Waals surface area contributed by atoms with Crippen molar-refractivity contribution >= 4 is 11.8 Å². The molecule has 8 rings (SSSR count). The highest BCUT2D eigenvalue weighted by molar-refractivity contribution is 5.98. The molecule has 3 saturated carbocycles. The number of aliphatic hydroxyl groups is 1. The Morgan fingerprint density at radius 2 is 1.92 bits per heavy atom. The predicted molar refractivity (Wildman–Crippen MR) is 139 cm³/mol. The van der Waals surface area contributed by atoms with Gasteiger partial charge >= 0.3 is 0 Å². The number of carbonyl (C=O) groups is 2. The lowest BCUT2D eigenvalue weighted by Crippen LogP contribution is -2.71. The molecule has 196 valence electrons. The van der Waals surface area contributed by atoms with Crippen LogP contribution < -0.4 is 0 Å². The fraction of sp³-hybridized carbons (Fsp3) is 0.806. The van der Waals surface area contributed by atoms with Crippen LogP contribution in [0.1, 0.15) is 84.5 Å². The number of fused-ring (bicyclic) bond motifs is 2. The van der Waals surface area contributed by atoms with Gasteiger partial charge in [0.25, 0.3) is 0 Å². The number of amides is 2. The fourth-order valence-corrected chi connectivity index (χ4v) is 11.3. The third-order valence-electron chi connectivity index (χ3n) is 12.8. The first kappa shape index (κ1) is 23.6. The topological polar surface area (TPSA) is 60.9 Å². The Balaban J connectivity index is 1.27. The van der Waals surface area contributed by atoms with Crippen molar-refractivity contribution in [3.8, 4) is 0 Å². The summed E-state index contributed by atoms with van der Waals surface area (Å²) in [6.07, 6.45) is 19.2. The van der Waals surface area contributed by atoms with E-state index >= 15 is 0 Å². The highest BCUT2D eigenvalue weighted by Gasteiger charge is 2.71. The molecule has 8 aliphatic rings. The third kappa shape index (κ3) is 2.91. The molecule has 5 heteroatoms. The summed E-state index contributed by atoms with van der Waals surface area (Å²) >= 11 is 0. The summed E-state index contributed by atoms with van der Waals surface area (Å²) in [5, 5.41) is 10.4. The summed E-state index contributed by atoms with van der Waals surface area (Å²) in [6, 6.07) is 0.421. The minimum absolute atomic E-state index is 0.0514. The zero-order chi connectivity index (χ0) is 25.1. The molecule has 2 aliphatic heterocycles. The second kappa shape index (κ2) is 7.56.